The average molecular weight is 462 g/mol. The lowest BCUT2D eigenvalue weighted by Gasteiger charge is -2.36. The molecule has 0 saturated carbocycles. The smallest absolute Gasteiger partial charge is 0.119 e. The zero-order valence-electron chi connectivity index (χ0n) is 17.0. The fourth-order valence-corrected chi connectivity index (χ4v) is 3.54. The summed E-state index contributed by atoms with van der Waals surface area (Å²) >= 11 is 6.09. The summed E-state index contributed by atoms with van der Waals surface area (Å²) < 4.78 is 5.75. The Balaban J connectivity index is 0.00000210. The van der Waals surface area contributed by atoms with Gasteiger partial charge in [-0.25, -0.2) is 0 Å². The Bertz CT molecular complexity index is 720. The molecule has 4 nitrogen and oxygen atoms in total. The molecule has 1 heterocycles. The molecular weight excluding hydrogens is 431 g/mol. The number of hydrogen-bond donors (Lipinski definition) is 1. The van der Waals surface area contributed by atoms with Crippen LogP contribution < -0.4 is 9.64 Å². The molecule has 1 unspecified atom stereocenters. The van der Waals surface area contributed by atoms with Crippen LogP contribution in [0.25, 0.3) is 0 Å². The van der Waals surface area contributed by atoms with Crippen LogP contribution in [0.5, 0.6) is 5.75 Å². The van der Waals surface area contributed by atoms with E-state index in [0.717, 1.165) is 42.6 Å². The van der Waals surface area contributed by atoms with Crippen molar-refractivity contribution in [3.05, 3.63) is 59.1 Å². The van der Waals surface area contributed by atoms with Gasteiger partial charge in [0.05, 0.1) is 0 Å². The van der Waals surface area contributed by atoms with E-state index in [1.165, 1.54) is 5.56 Å². The van der Waals surface area contributed by atoms with Gasteiger partial charge >= 0.3 is 0 Å². The fourth-order valence-electron chi connectivity index (χ4n) is 3.35. The molecule has 7 heteroatoms. The Morgan fingerprint density at radius 1 is 1.00 bits per heavy atom. The second-order valence-corrected chi connectivity index (χ2v) is 7.89. The number of ether oxygens (including phenoxy) is 1. The quantitative estimate of drug-likeness (QED) is 0.638. The molecule has 1 aliphatic heterocycles. The van der Waals surface area contributed by atoms with E-state index in [4.69, 9.17) is 16.3 Å². The molecule has 2 aromatic rings. The summed E-state index contributed by atoms with van der Waals surface area (Å²) in [5.41, 5.74) is 2.45. The number of hydrogen-bond acceptors (Lipinski definition) is 4. The van der Waals surface area contributed by atoms with E-state index in [1.54, 1.807) is 0 Å². The number of rotatable bonds is 7. The molecule has 1 fully saturated rings. The van der Waals surface area contributed by atoms with Crippen LogP contribution in [0.1, 0.15) is 25.3 Å². The van der Waals surface area contributed by atoms with Gasteiger partial charge in [-0.05, 0) is 41.8 Å². The van der Waals surface area contributed by atoms with Crippen LogP contribution in [0.4, 0.5) is 5.69 Å². The predicted octanol–water partition coefficient (Wildman–Crippen LogP) is 4.87. The van der Waals surface area contributed by atoms with Gasteiger partial charge in [-0.3, -0.25) is 4.90 Å². The molecule has 1 N–H and O–H groups in total. The SMILES string of the molecule is CC(C)c1ccc(OCC(O)CN2CCN(c3cccc(Cl)c3)CC2)cc1.Cl.Cl. The van der Waals surface area contributed by atoms with Crippen molar-refractivity contribution >= 4 is 42.1 Å². The maximum Gasteiger partial charge on any atom is 0.119 e. The third kappa shape index (κ3) is 7.88. The topological polar surface area (TPSA) is 35.9 Å². The van der Waals surface area contributed by atoms with Crippen LogP contribution in [0.15, 0.2) is 48.5 Å². The number of halogens is 3. The van der Waals surface area contributed by atoms with Crippen molar-refractivity contribution in [1.29, 1.82) is 0 Å². The highest BCUT2D eigenvalue weighted by Gasteiger charge is 2.20. The van der Waals surface area contributed by atoms with Crippen molar-refractivity contribution in [2.75, 3.05) is 44.2 Å². The molecule has 2 aromatic carbocycles. The number of anilines is 1. The van der Waals surface area contributed by atoms with Gasteiger partial charge in [0.2, 0.25) is 0 Å². The Hall–Kier alpha value is -1.17. The van der Waals surface area contributed by atoms with Crippen LogP contribution in [0.3, 0.4) is 0 Å². The van der Waals surface area contributed by atoms with Crippen molar-refractivity contribution in [3.63, 3.8) is 0 Å². The summed E-state index contributed by atoms with van der Waals surface area (Å²) in [5, 5.41) is 11.1. The lowest BCUT2D eigenvalue weighted by Crippen LogP contribution is -2.49. The van der Waals surface area contributed by atoms with E-state index in [2.05, 4.69) is 41.8 Å². The lowest BCUT2D eigenvalue weighted by molar-refractivity contribution is 0.0663. The first-order chi connectivity index (χ1) is 13.0. The Kier molecular flexibility index (Phi) is 11.2. The lowest BCUT2D eigenvalue weighted by atomic mass is 10.0. The number of nitrogens with zero attached hydrogens (tertiary/aromatic N) is 2. The first kappa shape index (κ1) is 25.9. The minimum absolute atomic E-state index is 0. The monoisotopic (exact) mass is 460 g/mol. The molecule has 0 aromatic heterocycles. The number of β-amino-alcohol motifs (C(OH)–C–C–N with tert-alkyl or cyclic N) is 1. The normalized spacial score (nSPS) is 15.4. The molecule has 1 saturated heterocycles. The maximum absolute atomic E-state index is 10.3. The molecule has 162 valence electrons. The van der Waals surface area contributed by atoms with Crippen molar-refractivity contribution in [2.45, 2.75) is 25.9 Å². The minimum Gasteiger partial charge on any atom is -0.491 e. The second-order valence-electron chi connectivity index (χ2n) is 7.46. The van der Waals surface area contributed by atoms with Gasteiger partial charge in [0.25, 0.3) is 0 Å². The Morgan fingerprint density at radius 3 is 2.24 bits per heavy atom. The molecule has 29 heavy (non-hydrogen) atoms. The minimum atomic E-state index is -0.493. The summed E-state index contributed by atoms with van der Waals surface area (Å²) in [6.07, 6.45) is -0.493. The third-order valence-electron chi connectivity index (χ3n) is 5.00. The summed E-state index contributed by atoms with van der Waals surface area (Å²) in [4.78, 5) is 4.62. The predicted molar refractivity (Wildman–Crippen MR) is 127 cm³/mol. The van der Waals surface area contributed by atoms with Gasteiger partial charge in [-0.15, -0.1) is 24.8 Å². The fraction of sp³-hybridized carbons (Fsp3) is 0.455. The number of aliphatic hydroxyl groups excluding tert-OH is 1. The summed E-state index contributed by atoms with van der Waals surface area (Å²) in [6.45, 7) is 9.01. The number of benzene rings is 2. The van der Waals surface area contributed by atoms with Gasteiger partial charge in [-0.2, -0.15) is 0 Å². The number of piperazine rings is 1. The van der Waals surface area contributed by atoms with E-state index in [0.29, 0.717) is 19.1 Å². The molecule has 0 aliphatic carbocycles. The summed E-state index contributed by atoms with van der Waals surface area (Å²) in [6, 6.07) is 16.1. The van der Waals surface area contributed by atoms with E-state index >= 15 is 0 Å². The van der Waals surface area contributed by atoms with E-state index < -0.39 is 6.10 Å². The van der Waals surface area contributed by atoms with Gasteiger partial charge in [0.15, 0.2) is 0 Å². The highest BCUT2D eigenvalue weighted by molar-refractivity contribution is 6.30. The van der Waals surface area contributed by atoms with Crippen LogP contribution >= 0.6 is 36.4 Å². The van der Waals surface area contributed by atoms with Crippen molar-refractivity contribution in [3.8, 4) is 5.75 Å². The maximum atomic E-state index is 10.3. The first-order valence-corrected chi connectivity index (χ1v) is 10.0. The highest BCUT2D eigenvalue weighted by atomic mass is 35.5. The molecule has 0 radical (unpaired) electrons. The summed E-state index contributed by atoms with van der Waals surface area (Å²) in [5.74, 6) is 1.32. The van der Waals surface area contributed by atoms with Crippen LogP contribution in [0.2, 0.25) is 5.02 Å². The molecule has 1 aliphatic rings. The van der Waals surface area contributed by atoms with Gasteiger partial charge in [-0.1, -0.05) is 43.6 Å². The first-order valence-electron chi connectivity index (χ1n) is 9.65. The van der Waals surface area contributed by atoms with Gasteiger partial charge in [0, 0.05) is 43.4 Å². The van der Waals surface area contributed by atoms with E-state index in [9.17, 15) is 5.11 Å². The third-order valence-corrected chi connectivity index (χ3v) is 5.24. The van der Waals surface area contributed by atoms with E-state index in [-0.39, 0.29) is 24.8 Å². The van der Waals surface area contributed by atoms with Crippen molar-refractivity contribution in [2.24, 2.45) is 0 Å². The molecule has 3 rings (SSSR count). The number of aliphatic hydroxyl groups is 1. The Morgan fingerprint density at radius 2 is 1.66 bits per heavy atom. The highest BCUT2D eigenvalue weighted by Crippen LogP contribution is 2.21. The Labute approximate surface area is 191 Å². The van der Waals surface area contributed by atoms with Gasteiger partial charge in [0.1, 0.15) is 18.5 Å². The average Bonchev–Trinajstić information content (AvgIpc) is 2.67. The molecule has 0 bridgehead atoms. The van der Waals surface area contributed by atoms with Crippen molar-refractivity contribution < 1.29 is 9.84 Å². The molecule has 1 atom stereocenters. The molecule has 0 amide bonds. The molecule has 0 spiro atoms. The van der Waals surface area contributed by atoms with Crippen LogP contribution in [-0.4, -0.2) is 55.4 Å². The molecular formula is C22H31Cl3N2O2. The zero-order valence-corrected chi connectivity index (χ0v) is 19.3. The van der Waals surface area contributed by atoms with Crippen LogP contribution in [0, 0.1) is 0 Å². The largest absolute Gasteiger partial charge is 0.491 e. The summed E-state index contributed by atoms with van der Waals surface area (Å²) in [7, 11) is 0. The zero-order chi connectivity index (χ0) is 19.2. The second kappa shape index (κ2) is 12.5. The van der Waals surface area contributed by atoms with E-state index in [1.807, 2.05) is 30.3 Å². The van der Waals surface area contributed by atoms with Crippen LogP contribution in [-0.2, 0) is 0 Å². The van der Waals surface area contributed by atoms with Gasteiger partial charge < -0.3 is 14.7 Å². The standard InChI is InChI=1S/C22H29ClN2O2.2ClH/c1-17(2)18-6-8-22(9-7-18)27-16-21(26)15-24-10-12-25(13-11-24)20-5-3-4-19(23)14-20;;/h3-9,14,17,21,26H,10-13,15-16H2,1-2H3;2*1H. The van der Waals surface area contributed by atoms with Crippen molar-refractivity contribution in [1.82, 2.24) is 4.90 Å².